The summed E-state index contributed by atoms with van der Waals surface area (Å²) in [6.07, 6.45) is 5.20. The van der Waals surface area contributed by atoms with Crippen LogP contribution in [0.15, 0.2) is 41.5 Å². The molecular formula is C19H24N2O3. The summed E-state index contributed by atoms with van der Waals surface area (Å²) in [7, 11) is 0. The van der Waals surface area contributed by atoms with Gasteiger partial charge in [0.1, 0.15) is 18.5 Å². The van der Waals surface area contributed by atoms with E-state index in [1.807, 2.05) is 24.3 Å². The first-order chi connectivity index (χ1) is 11.7. The molecule has 1 aromatic heterocycles. The molecule has 0 spiro atoms. The predicted octanol–water partition coefficient (Wildman–Crippen LogP) is 2.51. The van der Waals surface area contributed by atoms with Crippen molar-refractivity contribution in [2.45, 2.75) is 51.2 Å². The van der Waals surface area contributed by atoms with E-state index < -0.39 is 6.10 Å². The van der Waals surface area contributed by atoms with E-state index in [0.29, 0.717) is 5.92 Å². The molecule has 1 aliphatic carbocycles. The monoisotopic (exact) mass is 328 g/mol. The topological polar surface area (TPSA) is 64.3 Å². The molecule has 0 radical (unpaired) electrons. The van der Waals surface area contributed by atoms with Crippen LogP contribution in [0.3, 0.4) is 0 Å². The first-order valence-corrected chi connectivity index (χ1v) is 8.62. The minimum absolute atomic E-state index is 0.113. The summed E-state index contributed by atoms with van der Waals surface area (Å²) < 4.78 is 7.02. The fourth-order valence-electron chi connectivity index (χ4n) is 2.80. The molecule has 0 amide bonds. The number of hydrogen-bond acceptors (Lipinski definition) is 4. The third kappa shape index (κ3) is 4.03. The highest BCUT2D eigenvalue weighted by Crippen LogP contribution is 2.34. The van der Waals surface area contributed by atoms with E-state index in [-0.39, 0.29) is 18.7 Å². The quantitative estimate of drug-likeness (QED) is 0.848. The van der Waals surface area contributed by atoms with Crippen molar-refractivity contribution >= 4 is 0 Å². The molecule has 1 heterocycles. The number of rotatable bonds is 7. The molecule has 2 aromatic rings. The molecule has 1 aromatic carbocycles. The van der Waals surface area contributed by atoms with Gasteiger partial charge in [-0.3, -0.25) is 9.36 Å². The van der Waals surface area contributed by atoms with E-state index in [1.54, 1.807) is 6.07 Å². The Morgan fingerprint density at radius 2 is 2.08 bits per heavy atom. The van der Waals surface area contributed by atoms with Crippen LogP contribution in [0.25, 0.3) is 0 Å². The largest absolute Gasteiger partial charge is 0.491 e. The van der Waals surface area contributed by atoms with E-state index in [1.165, 1.54) is 22.9 Å². The highest BCUT2D eigenvalue weighted by molar-refractivity contribution is 5.27. The van der Waals surface area contributed by atoms with Gasteiger partial charge < -0.3 is 9.84 Å². The van der Waals surface area contributed by atoms with Crippen LogP contribution >= 0.6 is 0 Å². The average Bonchev–Trinajstić information content (AvgIpc) is 2.54. The molecule has 1 aliphatic rings. The van der Waals surface area contributed by atoms with E-state index in [0.717, 1.165) is 30.7 Å². The molecule has 1 unspecified atom stereocenters. The average molecular weight is 328 g/mol. The molecule has 128 valence electrons. The van der Waals surface area contributed by atoms with Crippen molar-refractivity contribution in [2.24, 2.45) is 0 Å². The second kappa shape index (κ2) is 7.62. The molecule has 3 rings (SSSR count). The van der Waals surface area contributed by atoms with E-state index in [9.17, 15) is 9.90 Å². The van der Waals surface area contributed by atoms with Crippen LogP contribution in [0.5, 0.6) is 5.75 Å². The Hall–Kier alpha value is -2.14. The number of benzene rings is 1. The van der Waals surface area contributed by atoms with Crippen LogP contribution < -0.4 is 10.3 Å². The zero-order valence-electron chi connectivity index (χ0n) is 14.0. The van der Waals surface area contributed by atoms with Crippen LogP contribution in [0.2, 0.25) is 0 Å². The molecule has 24 heavy (non-hydrogen) atoms. The van der Waals surface area contributed by atoms with E-state index in [2.05, 4.69) is 11.9 Å². The number of hydrogen-bond donors (Lipinski definition) is 1. The number of ether oxygens (including phenoxy) is 1. The van der Waals surface area contributed by atoms with Crippen LogP contribution in [-0.4, -0.2) is 27.4 Å². The van der Waals surface area contributed by atoms with Crippen molar-refractivity contribution < 1.29 is 9.84 Å². The lowest BCUT2D eigenvalue weighted by atomic mass is 9.83. The van der Waals surface area contributed by atoms with Crippen molar-refractivity contribution in [3.8, 4) is 5.75 Å². The van der Waals surface area contributed by atoms with Crippen molar-refractivity contribution in [3.63, 3.8) is 0 Å². The van der Waals surface area contributed by atoms with Crippen molar-refractivity contribution in [3.05, 3.63) is 58.3 Å². The second-order valence-electron chi connectivity index (χ2n) is 6.39. The lowest BCUT2D eigenvalue weighted by Gasteiger charge is -2.24. The third-order valence-corrected chi connectivity index (χ3v) is 4.61. The summed E-state index contributed by atoms with van der Waals surface area (Å²) in [6.45, 7) is 2.42. The van der Waals surface area contributed by atoms with Crippen molar-refractivity contribution in [1.82, 2.24) is 9.55 Å². The summed E-state index contributed by atoms with van der Waals surface area (Å²) >= 11 is 0. The maximum absolute atomic E-state index is 12.1. The van der Waals surface area contributed by atoms with Crippen molar-refractivity contribution in [1.29, 1.82) is 0 Å². The maximum Gasteiger partial charge on any atom is 0.253 e. The van der Waals surface area contributed by atoms with Gasteiger partial charge >= 0.3 is 0 Å². The lowest BCUT2D eigenvalue weighted by molar-refractivity contribution is 0.0912. The van der Waals surface area contributed by atoms with Gasteiger partial charge in [0.25, 0.3) is 5.56 Å². The predicted molar refractivity (Wildman–Crippen MR) is 92.4 cm³/mol. The smallest absolute Gasteiger partial charge is 0.253 e. The molecule has 1 fully saturated rings. The molecule has 1 saturated carbocycles. The number of aliphatic hydroxyl groups is 1. The Labute approximate surface area is 141 Å². The molecule has 1 N–H and O–H groups in total. The lowest BCUT2D eigenvalue weighted by Crippen LogP contribution is -2.31. The van der Waals surface area contributed by atoms with Gasteiger partial charge in [-0.25, -0.2) is 4.98 Å². The van der Waals surface area contributed by atoms with Crippen molar-refractivity contribution in [2.75, 3.05) is 6.61 Å². The molecular weight excluding hydrogens is 304 g/mol. The Morgan fingerprint density at radius 3 is 2.67 bits per heavy atom. The Morgan fingerprint density at radius 1 is 1.33 bits per heavy atom. The van der Waals surface area contributed by atoms with Gasteiger partial charge in [0.15, 0.2) is 0 Å². The van der Waals surface area contributed by atoms with Gasteiger partial charge in [-0.15, -0.1) is 0 Å². The molecule has 5 nitrogen and oxygen atoms in total. The van der Waals surface area contributed by atoms with Crippen LogP contribution in [-0.2, 0) is 13.0 Å². The number of aliphatic hydroxyl groups excluding tert-OH is 1. The minimum Gasteiger partial charge on any atom is -0.491 e. The van der Waals surface area contributed by atoms with E-state index in [4.69, 9.17) is 4.74 Å². The maximum atomic E-state index is 12.1. The van der Waals surface area contributed by atoms with Crippen LogP contribution in [0.1, 0.15) is 43.4 Å². The molecule has 5 heteroatoms. The van der Waals surface area contributed by atoms with E-state index >= 15 is 0 Å². The Kier molecular flexibility index (Phi) is 5.30. The van der Waals surface area contributed by atoms with Gasteiger partial charge in [0.05, 0.1) is 18.6 Å². The summed E-state index contributed by atoms with van der Waals surface area (Å²) in [5, 5.41) is 10.1. The summed E-state index contributed by atoms with van der Waals surface area (Å²) in [5.41, 5.74) is 2.01. The normalized spacial score (nSPS) is 15.8. The summed E-state index contributed by atoms with van der Waals surface area (Å²) in [5.74, 6) is 1.16. The fourth-order valence-corrected chi connectivity index (χ4v) is 2.80. The van der Waals surface area contributed by atoms with Gasteiger partial charge in [0, 0.05) is 12.0 Å². The fraction of sp³-hybridized carbons (Fsp3) is 0.474. The number of aromatic nitrogens is 2. The highest BCUT2D eigenvalue weighted by atomic mass is 16.5. The van der Waals surface area contributed by atoms with Gasteiger partial charge in [0.2, 0.25) is 0 Å². The zero-order chi connectivity index (χ0) is 16.9. The Bertz CT molecular complexity index is 720. The molecule has 0 aliphatic heterocycles. The second-order valence-corrected chi connectivity index (χ2v) is 6.39. The number of aryl methyl sites for hydroxylation is 1. The van der Waals surface area contributed by atoms with Crippen LogP contribution in [0, 0.1) is 0 Å². The summed E-state index contributed by atoms with van der Waals surface area (Å²) in [4.78, 5) is 16.5. The minimum atomic E-state index is -0.759. The molecule has 0 saturated heterocycles. The molecule has 0 bridgehead atoms. The Balaban J connectivity index is 1.54. The van der Waals surface area contributed by atoms with Gasteiger partial charge in [-0.05, 0) is 37.0 Å². The zero-order valence-corrected chi connectivity index (χ0v) is 14.0. The standard InChI is InChI=1S/C19H24N2O3/c1-2-14-6-8-17(9-7-14)24-12-16(22)11-21-13-20-18(10-19(21)23)15-4-3-5-15/h6-10,13,15-16,22H,2-5,11-12H2,1H3. The van der Waals surface area contributed by atoms with Gasteiger partial charge in [-0.2, -0.15) is 0 Å². The van der Waals surface area contributed by atoms with Crippen LogP contribution in [0.4, 0.5) is 0 Å². The first-order valence-electron chi connectivity index (χ1n) is 8.62. The van der Waals surface area contributed by atoms with Gasteiger partial charge in [-0.1, -0.05) is 25.5 Å². The SMILES string of the molecule is CCc1ccc(OCC(O)Cn2cnc(C3CCC3)cc2=O)cc1. The number of nitrogens with zero attached hydrogens (tertiary/aromatic N) is 2. The first kappa shape index (κ1) is 16.7. The third-order valence-electron chi connectivity index (χ3n) is 4.61. The highest BCUT2D eigenvalue weighted by Gasteiger charge is 2.21. The summed E-state index contributed by atoms with van der Waals surface area (Å²) in [6, 6.07) is 9.41. The molecule has 1 atom stereocenters.